The molecule has 0 aromatic heterocycles. The number of rotatable bonds is 3. The Morgan fingerprint density at radius 2 is 2.06 bits per heavy atom. The third-order valence-corrected chi connectivity index (χ3v) is 4.37. The predicted molar refractivity (Wildman–Crippen MR) is 55.7 cm³/mol. The van der Waals surface area contributed by atoms with Crippen LogP contribution in [0, 0.1) is 5.82 Å². The van der Waals surface area contributed by atoms with Gasteiger partial charge in [0.05, 0.1) is 9.92 Å². The van der Waals surface area contributed by atoms with E-state index in [1.54, 1.807) is 0 Å². The molecule has 88 valence electrons. The van der Waals surface area contributed by atoms with Gasteiger partial charge in [0.15, 0.2) is 15.1 Å². The highest BCUT2D eigenvalue weighted by Gasteiger charge is 2.29. The first-order valence-corrected chi connectivity index (χ1v) is 6.11. The zero-order chi connectivity index (χ0) is 12.5. The van der Waals surface area contributed by atoms with Crippen molar-refractivity contribution in [2.24, 2.45) is 0 Å². The standard InChI is InChI=1S/C9H8ClFO4S/c1-5(9(12)13)16(14,15)6-2-3-8(11)7(10)4-6/h2-5H,1H3,(H,12,13). The van der Waals surface area contributed by atoms with Gasteiger partial charge in [0.2, 0.25) is 0 Å². The van der Waals surface area contributed by atoms with Crippen LogP contribution in [0.1, 0.15) is 6.92 Å². The van der Waals surface area contributed by atoms with Crippen molar-refractivity contribution in [1.29, 1.82) is 0 Å². The topological polar surface area (TPSA) is 71.4 Å². The number of carbonyl (C=O) groups is 1. The Balaban J connectivity index is 3.28. The maximum absolute atomic E-state index is 12.8. The predicted octanol–water partition coefficient (Wildman–Crippen LogP) is 1.73. The Kier molecular flexibility index (Phi) is 3.54. The minimum absolute atomic E-state index is 0.311. The third kappa shape index (κ3) is 2.33. The summed E-state index contributed by atoms with van der Waals surface area (Å²) in [5.74, 6) is -2.23. The number of benzene rings is 1. The zero-order valence-electron chi connectivity index (χ0n) is 8.15. The van der Waals surface area contributed by atoms with Gasteiger partial charge in [-0.3, -0.25) is 4.79 Å². The lowest BCUT2D eigenvalue weighted by atomic mass is 10.3. The van der Waals surface area contributed by atoms with Crippen molar-refractivity contribution in [3.05, 3.63) is 29.0 Å². The summed E-state index contributed by atoms with van der Waals surface area (Å²) in [6.07, 6.45) is 0. The molecule has 0 fully saturated rings. The Labute approximate surface area is 96.6 Å². The van der Waals surface area contributed by atoms with Gasteiger partial charge in [0, 0.05) is 0 Å². The number of halogens is 2. The highest BCUT2D eigenvalue weighted by atomic mass is 35.5. The van der Waals surface area contributed by atoms with Crippen LogP contribution >= 0.6 is 11.6 Å². The zero-order valence-corrected chi connectivity index (χ0v) is 9.72. The van der Waals surface area contributed by atoms with Gasteiger partial charge in [-0.2, -0.15) is 0 Å². The molecule has 0 saturated carbocycles. The fourth-order valence-corrected chi connectivity index (χ4v) is 2.45. The Hall–Kier alpha value is -1.14. The van der Waals surface area contributed by atoms with Gasteiger partial charge in [0.1, 0.15) is 5.82 Å². The maximum Gasteiger partial charge on any atom is 0.321 e. The lowest BCUT2D eigenvalue weighted by Gasteiger charge is -2.08. The van der Waals surface area contributed by atoms with Crippen molar-refractivity contribution >= 4 is 27.4 Å². The number of carboxylic acids is 1. The Morgan fingerprint density at radius 1 is 1.50 bits per heavy atom. The third-order valence-electron chi connectivity index (χ3n) is 2.03. The first kappa shape index (κ1) is 12.9. The number of aliphatic carboxylic acids is 1. The van der Waals surface area contributed by atoms with Crippen LogP contribution in [0.25, 0.3) is 0 Å². The first-order valence-electron chi connectivity index (χ1n) is 4.18. The van der Waals surface area contributed by atoms with E-state index in [9.17, 15) is 17.6 Å². The summed E-state index contributed by atoms with van der Waals surface area (Å²) in [5, 5.41) is 6.65. The molecule has 1 atom stereocenters. The highest BCUT2D eigenvalue weighted by molar-refractivity contribution is 7.92. The van der Waals surface area contributed by atoms with Crippen LogP contribution in [0.3, 0.4) is 0 Å². The lowest BCUT2D eigenvalue weighted by molar-refractivity contribution is -0.136. The molecule has 1 rings (SSSR count). The Morgan fingerprint density at radius 3 is 2.50 bits per heavy atom. The average molecular weight is 267 g/mol. The summed E-state index contributed by atoms with van der Waals surface area (Å²) in [5.41, 5.74) is 0. The monoisotopic (exact) mass is 266 g/mol. The van der Waals surface area contributed by atoms with Gasteiger partial charge in [0.25, 0.3) is 0 Å². The van der Waals surface area contributed by atoms with Gasteiger partial charge >= 0.3 is 5.97 Å². The number of sulfone groups is 1. The molecule has 0 radical (unpaired) electrons. The molecule has 1 aromatic rings. The summed E-state index contributed by atoms with van der Waals surface area (Å²) in [6, 6.07) is 2.76. The van der Waals surface area contributed by atoms with Crippen LogP contribution in [0.2, 0.25) is 5.02 Å². The molecule has 0 spiro atoms. The van der Waals surface area contributed by atoms with Crippen molar-refractivity contribution in [2.75, 3.05) is 0 Å². The number of hydrogen-bond acceptors (Lipinski definition) is 3. The quantitative estimate of drug-likeness (QED) is 0.846. The molecular formula is C9H8ClFO4S. The van der Waals surface area contributed by atoms with E-state index < -0.39 is 26.9 Å². The molecule has 1 unspecified atom stereocenters. The van der Waals surface area contributed by atoms with Crippen LogP contribution in [0.5, 0.6) is 0 Å². The molecule has 0 amide bonds. The summed E-state index contributed by atoms with van der Waals surface area (Å²) < 4.78 is 36.2. The highest BCUT2D eigenvalue weighted by Crippen LogP contribution is 2.22. The first-order chi connectivity index (χ1) is 7.26. The smallest absolute Gasteiger partial charge is 0.321 e. The molecule has 0 saturated heterocycles. The largest absolute Gasteiger partial charge is 0.480 e. The van der Waals surface area contributed by atoms with Crippen LogP contribution in [0.15, 0.2) is 23.1 Å². The summed E-state index contributed by atoms with van der Waals surface area (Å²) in [4.78, 5) is 10.3. The van der Waals surface area contributed by atoms with E-state index in [4.69, 9.17) is 16.7 Å². The lowest BCUT2D eigenvalue weighted by Crippen LogP contribution is -2.26. The van der Waals surface area contributed by atoms with Gasteiger partial charge in [-0.25, -0.2) is 12.8 Å². The van der Waals surface area contributed by atoms with Crippen molar-refractivity contribution in [2.45, 2.75) is 17.1 Å². The summed E-state index contributed by atoms with van der Waals surface area (Å²) in [7, 11) is -4.03. The van der Waals surface area contributed by atoms with E-state index in [-0.39, 0.29) is 9.92 Å². The van der Waals surface area contributed by atoms with E-state index in [1.165, 1.54) is 0 Å². The van der Waals surface area contributed by atoms with Gasteiger partial charge in [-0.1, -0.05) is 11.6 Å². The normalized spacial score (nSPS) is 13.4. The molecular weight excluding hydrogens is 259 g/mol. The molecule has 0 aliphatic carbocycles. The van der Waals surface area contributed by atoms with Gasteiger partial charge in [-0.15, -0.1) is 0 Å². The molecule has 1 aromatic carbocycles. The molecule has 16 heavy (non-hydrogen) atoms. The van der Waals surface area contributed by atoms with E-state index in [0.29, 0.717) is 0 Å². The molecule has 0 aliphatic rings. The van der Waals surface area contributed by atoms with Crippen molar-refractivity contribution < 1.29 is 22.7 Å². The molecule has 4 nitrogen and oxygen atoms in total. The summed E-state index contributed by atoms with van der Waals surface area (Å²) in [6.45, 7) is 1.04. The van der Waals surface area contributed by atoms with Crippen LogP contribution in [-0.4, -0.2) is 24.7 Å². The van der Waals surface area contributed by atoms with Gasteiger partial charge in [-0.05, 0) is 25.1 Å². The van der Waals surface area contributed by atoms with E-state index in [1.807, 2.05) is 0 Å². The second-order valence-corrected chi connectivity index (χ2v) is 5.78. The summed E-state index contributed by atoms with van der Waals surface area (Å²) >= 11 is 5.42. The molecule has 0 heterocycles. The molecule has 0 aliphatic heterocycles. The van der Waals surface area contributed by atoms with E-state index in [0.717, 1.165) is 25.1 Å². The minimum atomic E-state index is -4.03. The molecule has 1 N–H and O–H groups in total. The maximum atomic E-state index is 12.8. The number of hydrogen-bond donors (Lipinski definition) is 1. The fraction of sp³-hybridized carbons (Fsp3) is 0.222. The molecule has 0 bridgehead atoms. The van der Waals surface area contributed by atoms with Crippen LogP contribution in [0.4, 0.5) is 4.39 Å². The van der Waals surface area contributed by atoms with Crippen LogP contribution in [-0.2, 0) is 14.6 Å². The molecule has 7 heteroatoms. The van der Waals surface area contributed by atoms with Crippen molar-refractivity contribution in [3.63, 3.8) is 0 Å². The van der Waals surface area contributed by atoms with E-state index >= 15 is 0 Å². The van der Waals surface area contributed by atoms with Gasteiger partial charge < -0.3 is 5.11 Å². The van der Waals surface area contributed by atoms with Crippen molar-refractivity contribution in [3.8, 4) is 0 Å². The second-order valence-electron chi connectivity index (χ2n) is 3.10. The van der Waals surface area contributed by atoms with E-state index in [2.05, 4.69) is 0 Å². The SMILES string of the molecule is CC(C(=O)O)S(=O)(=O)c1ccc(F)c(Cl)c1. The average Bonchev–Trinajstić information content (AvgIpc) is 2.20. The van der Waals surface area contributed by atoms with Crippen LogP contribution < -0.4 is 0 Å². The van der Waals surface area contributed by atoms with Crippen molar-refractivity contribution in [1.82, 2.24) is 0 Å². The Bertz CT molecular complexity index is 526. The minimum Gasteiger partial charge on any atom is -0.480 e. The number of carboxylic acid groups (broad SMARTS) is 1. The fourth-order valence-electron chi connectivity index (χ4n) is 0.991. The second kappa shape index (κ2) is 4.39.